The number of aromatic nitrogens is 3. The highest BCUT2D eigenvalue weighted by Gasteiger charge is 2.26. The fourth-order valence-electron chi connectivity index (χ4n) is 4.20. The highest BCUT2D eigenvalue weighted by Crippen LogP contribution is 2.38. The van der Waals surface area contributed by atoms with Crippen molar-refractivity contribution in [2.24, 2.45) is 5.41 Å². The molecule has 184 valence electrons. The van der Waals surface area contributed by atoms with Gasteiger partial charge in [-0.3, -0.25) is 9.36 Å². The summed E-state index contributed by atoms with van der Waals surface area (Å²) in [5.74, 6) is -0.733. The number of pyridine rings is 1. The van der Waals surface area contributed by atoms with Crippen molar-refractivity contribution in [3.63, 3.8) is 0 Å². The molecule has 3 heterocycles. The summed E-state index contributed by atoms with van der Waals surface area (Å²) < 4.78 is 16.1. The molecule has 4 rings (SSSR count). The third-order valence-electron chi connectivity index (χ3n) is 5.81. The van der Waals surface area contributed by atoms with Gasteiger partial charge in [0.25, 0.3) is 0 Å². The molecule has 1 saturated heterocycles. The SMILES string of the molecule is C=CC(=O)N1CCN(c2nc(=O)n(CC(C)(C)C)c3nc(-c4c(O)cccc4F)c(Cl)cc23)CC1. The van der Waals surface area contributed by atoms with Crippen molar-refractivity contribution in [2.75, 3.05) is 31.1 Å². The van der Waals surface area contributed by atoms with Crippen molar-refractivity contribution < 1.29 is 14.3 Å². The lowest BCUT2D eigenvalue weighted by Crippen LogP contribution is -2.49. The summed E-state index contributed by atoms with van der Waals surface area (Å²) in [6.07, 6.45) is 1.28. The number of halogens is 2. The van der Waals surface area contributed by atoms with Gasteiger partial charge in [0.1, 0.15) is 23.0 Å². The van der Waals surface area contributed by atoms with Crippen LogP contribution < -0.4 is 10.6 Å². The Labute approximate surface area is 207 Å². The molecule has 8 nitrogen and oxygen atoms in total. The Morgan fingerprint density at radius 3 is 2.51 bits per heavy atom. The first-order valence-corrected chi connectivity index (χ1v) is 11.6. The molecule has 1 fully saturated rings. The van der Waals surface area contributed by atoms with Crippen LogP contribution in [0.2, 0.25) is 5.02 Å². The Morgan fingerprint density at radius 1 is 1.23 bits per heavy atom. The first-order valence-electron chi connectivity index (χ1n) is 11.3. The van der Waals surface area contributed by atoms with Crippen LogP contribution in [-0.2, 0) is 11.3 Å². The number of carbonyl (C=O) groups excluding carboxylic acids is 1. The maximum Gasteiger partial charge on any atom is 0.351 e. The van der Waals surface area contributed by atoms with Gasteiger partial charge in [0.2, 0.25) is 5.91 Å². The lowest BCUT2D eigenvalue weighted by Gasteiger charge is -2.35. The molecule has 0 aliphatic carbocycles. The normalized spacial score (nSPS) is 14.4. The molecule has 1 N–H and O–H groups in total. The first kappa shape index (κ1) is 24.7. The van der Waals surface area contributed by atoms with E-state index in [1.807, 2.05) is 25.7 Å². The van der Waals surface area contributed by atoms with Crippen LogP contribution in [0.5, 0.6) is 5.75 Å². The smallest absolute Gasteiger partial charge is 0.351 e. The summed E-state index contributed by atoms with van der Waals surface area (Å²) in [5, 5.41) is 11.0. The van der Waals surface area contributed by atoms with E-state index < -0.39 is 11.5 Å². The van der Waals surface area contributed by atoms with Crippen LogP contribution in [-0.4, -0.2) is 56.6 Å². The molecule has 2 aromatic heterocycles. The van der Waals surface area contributed by atoms with Crippen molar-refractivity contribution >= 4 is 34.4 Å². The lowest BCUT2D eigenvalue weighted by molar-refractivity contribution is -0.126. The topological polar surface area (TPSA) is 91.6 Å². The molecular formula is C25H27ClFN5O3. The number of fused-ring (bicyclic) bond motifs is 1. The molecule has 0 radical (unpaired) electrons. The van der Waals surface area contributed by atoms with E-state index in [2.05, 4.69) is 16.5 Å². The van der Waals surface area contributed by atoms with Crippen molar-refractivity contribution in [1.82, 2.24) is 19.4 Å². The Balaban J connectivity index is 1.91. The van der Waals surface area contributed by atoms with Crippen molar-refractivity contribution in [2.45, 2.75) is 27.3 Å². The van der Waals surface area contributed by atoms with E-state index in [-0.39, 0.29) is 33.4 Å². The van der Waals surface area contributed by atoms with Gasteiger partial charge < -0.3 is 14.9 Å². The number of amides is 1. The maximum atomic E-state index is 14.7. The minimum absolute atomic E-state index is 0.0374. The predicted molar refractivity (Wildman–Crippen MR) is 134 cm³/mol. The number of hydrogen-bond donors (Lipinski definition) is 1. The Bertz CT molecular complexity index is 1350. The fraction of sp³-hybridized carbons (Fsp3) is 0.360. The average Bonchev–Trinajstić information content (AvgIpc) is 2.80. The zero-order chi connectivity index (χ0) is 25.5. The number of hydrogen-bond acceptors (Lipinski definition) is 6. The number of phenols is 1. The fourth-order valence-corrected chi connectivity index (χ4v) is 4.45. The average molecular weight is 500 g/mol. The minimum atomic E-state index is -0.680. The van der Waals surface area contributed by atoms with Crippen molar-refractivity contribution in [1.29, 1.82) is 0 Å². The zero-order valence-corrected chi connectivity index (χ0v) is 20.6. The van der Waals surface area contributed by atoms with Gasteiger partial charge in [-0.1, -0.05) is 45.0 Å². The molecule has 0 saturated carbocycles. The first-order chi connectivity index (χ1) is 16.5. The molecule has 1 amide bonds. The summed E-state index contributed by atoms with van der Waals surface area (Å²) in [5.41, 5.74) is -0.579. The van der Waals surface area contributed by atoms with Crippen molar-refractivity contribution in [3.8, 4) is 17.0 Å². The molecule has 0 unspecified atom stereocenters. The highest BCUT2D eigenvalue weighted by molar-refractivity contribution is 6.34. The number of piperazine rings is 1. The van der Waals surface area contributed by atoms with E-state index in [0.717, 1.165) is 0 Å². The Morgan fingerprint density at radius 2 is 1.91 bits per heavy atom. The summed E-state index contributed by atoms with van der Waals surface area (Å²) in [6, 6.07) is 5.55. The second-order valence-corrected chi connectivity index (χ2v) is 10.1. The van der Waals surface area contributed by atoms with E-state index in [9.17, 15) is 19.1 Å². The monoisotopic (exact) mass is 499 g/mol. The largest absolute Gasteiger partial charge is 0.507 e. The molecule has 3 aromatic rings. The number of anilines is 1. The molecule has 1 aromatic carbocycles. The molecule has 35 heavy (non-hydrogen) atoms. The molecule has 0 atom stereocenters. The van der Waals surface area contributed by atoms with Gasteiger partial charge in [0.15, 0.2) is 0 Å². The van der Waals surface area contributed by atoms with Crippen LogP contribution in [0, 0.1) is 11.2 Å². The van der Waals surface area contributed by atoms with E-state index in [1.165, 1.54) is 28.8 Å². The van der Waals surface area contributed by atoms with E-state index >= 15 is 0 Å². The van der Waals surface area contributed by atoms with Crippen LogP contribution >= 0.6 is 11.6 Å². The lowest BCUT2D eigenvalue weighted by atomic mass is 9.97. The van der Waals surface area contributed by atoms with Gasteiger partial charge in [0.05, 0.1) is 21.7 Å². The molecule has 10 heteroatoms. The predicted octanol–water partition coefficient (Wildman–Crippen LogP) is 3.84. The van der Waals surface area contributed by atoms with Crippen molar-refractivity contribution in [3.05, 3.63) is 58.2 Å². The number of benzene rings is 1. The Kier molecular flexibility index (Phi) is 6.55. The number of carbonyl (C=O) groups is 1. The minimum Gasteiger partial charge on any atom is -0.507 e. The van der Waals surface area contributed by atoms with Crippen LogP contribution in [0.1, 0.15) is 20.8 Å². The standard InChI is InChI=1S/C25H27ClFN5O3/c1-5-19(34)30-9-11-31(12-10-30)22-15-13-16(26)21(20-17(27)7-6-8-18(20)33)28-23(15)32(24(35)29-22)14-25(2,3)4/h5-8,13,33H,1,9-12,14H2,2-4H3. The quantitative estimate of drug-likeness (QED) is 0.548. The Hall–Kier alpha value is -3.46. The summed E-state index contributed by atoms with van der Waals surface area (Å²) in [7, 11) is 0. The summed E-state index contributed by atoms with van der Waals surface area (Å²) >= 11 is 6.56. The second-order valence-electron chi connectivity index (χ2n) is 9.71. The van der Waals surface area contributed by atoms with E-state index in [4.69, 9.17) is 11.6 Å². The molecule has 0 spiro atoms. The second kappa shape index (κ2) is 9.30. The molecule has 0 bridgehead atoms. The number of phenolic OH excluding ortho intramolecular Hbond substituents is 1. The summed E-state index contributed by atoms with van der Waals surface area (Å²) in [6.45, 7) is 11.6. The molecular weight excluding hydrogens is 473 g/mol. The molecule has 1 aliphatic heterocycles. The van der Waals surface area contributed by atoms with Crippen LogP contribution in [0.15, 0.2) is 41.7 Å². The van der Waals surface area contributed by atoms with Gasteiger partial charge in [-0.15, -0.1) is 0 Å². The maximum absolute atomic E-state index is 14.7. The van der Waals surface area contributed by atoms with Gasteiger partial charge in [-0.05, 0) is 29.7 Å². The van der Waals surface area contributed by atoms with E-state index in [0.29, 0.717) is 49.6 Å². The van der Waals surface area contributed by atoms with Crippen LogP contribution in [0.4, 0.5) is 10.2 Å². The van der Waals surface area contributed by atoms with Gasteiger partial charge >= 0.3 is 5.69 Å². The third-order valence-corrected chi connectivity index (χ3v) is 6.10. The zero-order valence-electron chi connectivity index (χ0n) is 19.9. The highest BCUT2D eigenvalue weighted by atomic mass is 35.5. The van der Waals surface area contributed by atoms with Gasteiger partial charge in [-0.25, -0.2) is 14.2 Å². The summed E-state index contributed by atoms with van der Waals surface area (Å²) in [4.78, 5) is 37.7. The third kappa shape index (κ3) is 4.86. The van der Waals surface area contributed by atoms with E-state index in [1.54, 1.807) is 11.0 Å². The van der Waals surface area contributed by atoms with Gasteiger partial charge in [0, 0.05) is 32.7 Å². The van der Waals surface area contributed by atoms with Crippen LogP contribution in [0.25, 0.3) is 22.3 Å². The molecule has 1 aliphatic rings. The number of aromatic hydroxyl groups is 1. The number of rotatable bonds is 4. The van der Waals surface area contributed by atoms with Crippen LogP contribution in [0.3, 0.4) is 0 Å². The van der Waals surface area contributed by atoms with Gasteiger partial charge in [-0.2, -0.15) is 4.98 Å². The number of nitrogens with zero attached hydrogens (tertiary/aromatic N) is 5.